The summed E-state index contributed by atoms with van der Waals surface area (Å²) in [4.78, 5) is 21.4. The lowest BCUT2D eigenvalue weighted by molar-refractivity contribution is -0.138. The lowest BCUT2D eigenvalue weighted by Crippen LogP contribution is -2.44. The van der Waals surface area contributed by atoms with Crippen molar-refractivity contribution in [3.63, 3.8) is 0 Å². The second-order valence-electron chi connectivity index (χ2n) is 3.12. The maximum Gasteiger partial charge on any atom is 0.325 e. The van der Waals surface area contributed by atoms with Gasteiger partial charge < -0.3 is 15.7 Å². The molecule has 15 heavy (non-hydrogen) atoms. The Morgan fingerprint density at radius 3 is 2.67 bits per heavy atom. The normalized spacial score (nSPS) is 11.2. The molecule has 0 saturated carbocycles. The lowest BCUT2D eigenvalue weighted by Gasteiger charge is -2.10. The van der Waals surface area contributed by atoms with E-state index >= 15 is 0 Å². The second kappa shape index (κ2) is 7.68. The van der Waals surface area contributed by atoms with Crippen LogP contribution in [0.3, 0.4) is 0 Å². The summed E-state index contributed by atoms with van der Waals surface area (Å²) < 4.78 is 0. The van der Waals surface area contributed by atoms with Crippen LogP contribution in [0.2, 0.25) is 0 Å². The molecule has 2 amide bonds. The van der Waals surface area contributed by atoms with E-state index in [1.165, 1.54) is 6.92 Å². The van der Waals surface area contributed by atoms with Crippen molar-refractivity contribution in [2.24, 2.45) is 0 Å². The largest absolute Gasteiger partial charge is 0.480 e. The van der Waals surface area contributed by atoms with Gasteiger partial charge in [-0.3, -0.25) is 4.79 Å². The maximum atomic E-state index is 11.1. The molecule has 0 aromatic rings. The van der Waals surface area contributed by atoms with Crippen molar-refractivity contribution in [1.82, 2.24) is 10.6 Å². The first-order chi connectivity index (χ1) is 7.07. The monoisotopic (exact) mass is 212 g/mol. The van der Waals surface area contributed by atoms with Gasteiger partial charge in [-0.1, -0.05) is 0 Å². The minimum Gasteiger partial charge on any atom is -0.480 e. The molecule has 5 nitrogen and oxygen atoms in total. The van der Waals surface area contributed by atoms with E-state index in [-0.39, 0.29) is 0 Å². The van der Waals surface area contributed by atoms with E-state index in [0.29, 0.717) is 13.0 Å². The van der Waals surface area contributed by atoms with Crippen molar-refractivity contribution in [2.45, 2.75) is 32.2 Å². The number of carboxylic acid groups (broad SMARTS) is 1. The van der Waals surface area contributed by atoms with Crippen molar-refractivity contribution in [3.8, 4) is 12.3 Å². The number of carbonyl (C=O) groups is 2. The number of amides is 2. The fourth-order valence-electron chi connectivity index (χ4n) is 0.863. The standard InChI is InChI=1S/C10H16N2O3/c1-3-4-5-6-7-11-10(15)12-8(2)9(13)14/h1,8H,4-7H2,2H3,(H,13,14)(H2,11,12,15)/t8-/m1/s1. The summed E-state index contributed by atoms with van der Waals surface area (Å²) in [5.74, 6) is 1.44. The van der Waals surface area contributed by atoms with Gasteiger partial charge in [0.2, 0.25) is 0 Å². The van der Waals surface area contributed by atoms with Crippen LogP contribution in [0.1, 0.15) is 26.2 Å². The molecular formula is C10H16N2O3. The number of terminal acetylenes is 1. The van der Waals surface area contributed by atoms with Gasteiger partial charge in [0.15, 0.2) is 0 Å². The zero-order valence-electron chi connectivity index (χ0n) is 8.75. The van der Waals surface area contributed by atoms with Crippen molar-refractivity contribution in [1.29, 1.82) is 0 Å². The van der Waals surface area contributed by atoms with Gasteiger partial charge in [0.1, 0.15) is 6.04 Å². The third-order valence-corrected chi connectivity index (χ3v) is 1.75. The molecule has 0 heterocycles. The zero-order valence-corrected chi connectivity index (χ0v) is 8.75. The number of hydrogen-bond acceptors (Lipinski definition) is 2. The first-order valence-electron chi connectivity index (χ1n) is 4.78. The van der Waals surface area contributed by atoms with Crippen LogP contribution in [0.25, 0.3) is 0 Å². The highest BCUT2D eigenvalue weighted by Crippen LogP contribution is 1.91. The predicted octanol–water partition coefficient (Wildman–Crippen LogP) is 0.562. The molecule has 0 aliphatic carbocycles. The van der Waals surface area contributed by atoms with E-state index in [1.807, 2.05) is 0 Å². The number of unbranched alkanes of at least 4 members (excludes halogenated alkanes) is 2. The molecule has 1 atom stereocenters. The molecule has 0 aliphatic rings. The summed E-state index contributed by atoms with van der Waals surface area (Å²) in [6.07, 6.45) is 7.39. The van der Waals surface area contributed by atoms with E-state index in [1.54, 1.807) is 0 Å². The number of nitrogens with one attached hydrogen (secondary N) is 2. The van der Waals surface area contributed by atoms with Crippen LogP contribution in [0.5, 0.6) is 0 Å². The quantitative estimate of drug-likeness (QED) is 0.444. The average molecular weight is 212 g/mol. The van der Waals surface area contributed by atoms with E-state index in [0.717, 1.165) is 12.8 Å². The summed E-state index contributed by atoms with van der Waals surface area (Å²) in [6, 6.07) is -1.35. The minimum absolute atomic E-state index is 0.467. The fourth-order valence-corrected chi connectivity index (χ4v) is 0.863. The third kappa shape index (κ3) is 7.38. The molecule has 0 aromatic carbocycles. The van der Waals surface area contributed by atoms with Crippen LogP contribution < -0.4 is 10.6 Å². The van der Waals surface area contributed by atoms with Gasteiger partial charge >= 0.3 is 12.0 Å². The highest BCUT2D eigenvalue weighted by Gasteiger charge is 2.12. The smallest absolute Gasteiger partial charge is 0.325 e. The van der Waals surface area contributed by atoms with E-state index in [4.69, 9.17) is 11.5 Å². The van der Waals surface area contributed by atoms with E-state index in [9.17, 15) is 9.59 Å². The molecule has 0 fully saturated rings. The average Bonchev–Trinajstić information content (AvgIpc) is 2.17. The van der Waals surface area contributed by atoms with Crippen LogP contribution in [0.15, 0.2) is 0 Å². The Balaban J connectivity index is 3.50. The van der Waals surface area contributed by atoms with Gasteiger partial charge in [-0.05, 0) is 19.8 Å². The molecule has 0 bridgehead atoms. The molecule has 5 heteroatoms. The molecular weight excluding hydrogens is 196 g/mol. The second-order valence-corrected chi connectivity index (χ2v) is 3.12. The van der Waals surface area contributed by atoms with Gasteiger partial charge in [-0.2, -0.15) is 0 Å². The number of carbonyl (C=O) groups excluding carboxylic acids is 1. The first kappa shape index (κ1) is 13.3. The van der Waals surface area contributed by atoms with Gasteiger partial charge in [0, 0.05) is 13.0 Å². The summed E-state index contributed by atoms with van der Waals surface area (Å²) in [5.41, 5.74) is 0. The SMILES string of the molecule is C#CCCCCNC(=O)N[C@H](C)C(=O)O. The Hall–Kier alpha value is -1.70. The molecule has 0 radical (unpaired) electrons. The van der Waals surface area contributed by atoms with Gasteiger partial charge in [-0.25, -0.2) is 4.79 Å². The fraction of sp³-hybridized carbons (Fsp3) is 0.600. The van der Waals surface area contributed by atoms with E-state index < -0.39 is 18.0 Å². The summed E-state index contributed by atoms with van der Waals surface area (Å²) in [5, 5.41) is 13.3. The number of urea groups is 1. The number of hydrogen-bond donors (Lipinski definition) is 3. The highest BCUT2D eigenvalue weighted by molar-refractivity contribution is 5.82. The van der Waals surface area contributed by atoms with Crippen molar-refractivity contribution in [3.05, 3.63) is 0 Å². The Bertz CT molecular complexity index is 258. The van der Waals surface area contributed by atoms with Crippen LogP contribution in [0, 0.1) is 12.3 Å². The molecule has 0 rings (SSSR count). The van der Waals surface area contributed by atoms with Crippen molar-refractivity contribution < 1.29 is 14.7 Å². The van der Waals surface area contributed by atoms with Gasteiger partial charge in [-0.15, -0.1) is 12.3 Å². The Kier molecular flexibility index (Phi) is 6.81. The molecule has 0 unspecified atom stereocenters. The molecule has 0 aliphatic heterocycles. The minimum atomic E-state index is -1.06. The summed E-state index contributed by atoms with van der Waals surface area (Å²) in [6.45, 7) is 1.90. The molecule has 84 valence electrons. The molecule has 0 saturated heterocycles. The number of carboxylic acids is 1. The highest BCUT2D eigenvalue weighted by atomic mass is 16.4. The topological polar surface area (TPSA) is 78.4 Å². The summed E-state index contributed by atoms with van der Waals surface area (Å²) >= 11 is 0. The molecule has 0 spiro atoms. The molecule has 0 aromatic heterocycles. The Labute approximate surface area is 89.2 Å². The third-order valence-electron chi connectivity index (χ3n) is 1.75. The molecule has 3 N–H and O–H groups in total. The first-order valence-corrected chi connectivity index (χ1v) is 4.78. The van der Waals surface area contributed by atoms with E-state index in [2.05, 4.69) is 16.6 Å². The number of rotatable bonds is 6. The predicted molar refractivity (Wildman–Crippen MR) is 56.3 cm³/mol. The Morgan fingerprint density at radius 1 is 1.47 bits per heavy atom. The lowest BCUT2D eigenvalue weighted by atomic mass is 10.2. The van der Waals surface area contributed by atoms with Crippen molar-refractivity contribution in [2.75, 3.05) is 6.54 Å². The van der Waals surface area contributed by atoms with Crippen LogP contribution in [0.4, 0.5) is 4.79 Å². The van der Waals surface area contributed by atoms with Crippen LogP contribution >= 0.6 is 0 Å². The van der Waals surface area contributed by atoms with Gasteiger partial charge in [0.05, 0.1) is 0 Å². The zero-order chi connectivity index (χ0) is 11.7. The maximum absolute atomic E-state index is 11.1. The van der Waals surface area contributed by atoms with Crippen LogP contribution in [-0.2, 0) is 4.79 Å². The van der Waals surface area contributed by atoms with Gasteiger partial charge in [0.25, 0.3) is 0 Å². The summed E-state index contributed by atoms with van der Waals surface area (Å²) in [7, 11) is 0. The van der Waals surface area contributed by atoms with Crippen LogP contribution in [-0.4, -0.2) is 29.7 Å². The Morgan fingerprint density at radius 2 is 2.13 bits per heavy atom. The number of aliphatic carboxylic acids is 1. The van der Waals surface area contributed by atoms with Crippen molar-refractivity contribution >= 4 is 12.0 Å².